The number of fused-ring (bicyclic) bond motifs is 1. The maximum atomic E-state index is 12.5. The minimum Gasteiger partial charge on any atom is -0.507 e. The van der Waals surface area contributed by atoms with Crippen molar-refractivity contribution in [2.24, 2.45) is 0 Å². The first kappa shape index (κ1) is 21.7. The number of phenolic OH excluding ortho intramolecular Hbond substituents is 1. The molecule has 0 aliphatic heterocycles. The quantitative estimate of drug-likeness (QED) is 0.641. The van der Waals surface area contributed by atoms with Crippen LogP contribution in [0.15, 0.2) is 18.2 Å². The van der Waals surface area contributed by atoms with Gasteiger partial charge in [-0.15, -0.1) is 23.4 Å². The minimum atomic E-state index is -4.83. The van der Waals surface area contributed by atoms with E-state index in [1.165, 1.54) is 6.07 Å². The van der Waals surface area contributed by atoms with Gasteiger partial charge in [-0.2, -0.15) is 0 Å². The Bertz CT molecular complexity index is 963. The fraction of sp³-hybridized carbons (Fsp3) is 0.545. The molecule has 0 spiro atoms. The van der Waals surface area contributed by atoms with Gasteiger partial charge < -0.3 is 20.3 Å². The fourth-order valence-corrected chi connectivity index (χ4v) is 4.60. The van der Waals surface area contributed by atoms with Crippen LogP contribution in [0.2, 0.25) is 0 Å². The highest BCUT2D eigenvalue weighted by Gasteiger charge is 2.36. The predicted octanol–water partition coefficient (Wildman–Crippen LogP) is 4.73. The summed E-state index contributed by atoms with van der Waals surface area (Å²) >= 11 is 0. The number of anilines is 1. The lowest BCUT2D eigenvalue weighted by Crippen LogP contribution is -2.47. The Morgan fingerprint density at radius 3 is 2.52 bits per heavy atom. The number of alkyl halides is 3. The van der Waals surface area contributed by atoms with Gasteiger partial charge in [0, 0.05) is 17.2 Å². The van der Waals surface area contributed by atoms with Crippen molar-refractivity contribution in [2.45, 2.75) is 76.3 Å². The molecule has 31 heavy (non-hydrogen) atoms. The van der Waals surface area contributed by atoms with Gasteiger partial charge in [-0.25, -0.2) is 0 Å². The molecule has 1 fully saturated rings. The number of phenols is 1. The van der Waals surface area contributed by atoms with Crippen LogP contribution in [0, 0.1) is 0 Å². The molecule has 6 nitrogen and oxygen atoms in total. The van der Waals surface area contributed by atoms with Gasteiger partial charge in [0.25, 0.3) is 0 Å². The van der Waals surface area contributed by atoms with E-state index in [9.17, 15) is 23.4 Å². The highest BCUT2D eigenvalue weighted by Crippen LogP contribution is 2.39. The molecule has 9 heteroatoms. The van der Waals surface area contributed by atoms with Crippen LogP contribution in [-0.2, 0) is 12.8 Å². The summed E-state index contributed by atoms with van der Waals surface area (Å²) in [4.78, 5) is 0. The number of nitrogens with zero attached hydrogens (tertiary/aromatic N) is 2. The third-order valence-electron chi connectivity index (χ3n) is 6.23. The molecule has 2 aliphatic rings. The molecular weight excluding hydrogens is 411 g/mol. The number of aliphatic hydroxyl groups is 1. The van der Waals surface area contributed by atoms with Gasteiger partial charge >= 0.3 is 6.36 Å². The Hall–Kier alpha value is -2.55. The van der Waals surface area contributed by atoms with E-state index < -0.39 is 17.7 Å². The highest BCUT2D eigenvalue weighted by molar-refractivity contribution is 5.73. The second-order valence-electron chi connectivity index (χ2n) is 8.59. The van der Waals surface area contributed by atoms with Crippen molar-refractivity contribution in [3.63, 3.8) is 0 Å². The van der Waals surface area contributed by atoms with Crippen LogP contribution in [0.25, 0.3) is 11.3 Å². The SMILES string of the molecule is C[C@@]1(O)CCCC[C@H]1Nc1nnc(-c2ccc(OC(F)(F)F)cc2O)c2c1CCCC2. The summed E-state index contributed by atoms with van der Waals surface area (Å²) in [5, 5.41) is 33.2. The number of nitrogens with one attached hydrogen (secondary N) is 1. The average molecular weight is 437 g/mol. The van der Waals surface area contributed by atoms with Crippen molar-refractivity contribution in [3.05, 3.63) is 29.3 Å². The highest BCUT2D eigenvalue weighted by atomic mass is 19.4. The van der Waals surface area contributed by atoms with Crippen LogP contribution in [0.3, 0.4) is 0 Å². The number of halogens is 3. The van der Waals surface area contributed by atoms with Gasteiger partial charge in [-0.1, -0.05) is 12.8 Å². The summed E-state index contributed by atoms with van der Waals surface area (Å²) in [5.41, 5.74) is 1.88. The number of ether oxygens (including phenoxy) is 1. The van der Waals surface area contributed by atoms with Crippen molar-refractivity contribution in [3.8, 4) is 22.8 Å². The summed E-state index contributed by atoms with van der Waals surface area (Å²) in [6.07, 6.45) is 2.19. The van der Waals surface area contributed by atoms with E-state index >= 15 is 0 Å². The Labute approximate surface area is 178 Å². The number of benzene rings is 1. The molecule has 1 heterocycles. The zero-order chi connectivity index (χ0) is 22.2. The monoisotopic (exact) mass is 437 g/mol. The van der Waals surface area contributed by atoms with Gasteiger partial charge in [0.2, 0.25) is 0 Å². The Kier molecular flexibility index (Phi) is 5.72. The number of aromatic nitrogens is 2. The van der Waals surface area contributed by atoms with Crippen LogP contribution in [-0.4, -0.2) is 38.4 Å². The summed E-state index contributed by atoms with van der Waals surface area (Å²) in [6.45, 7) is 1.83. The summed E-state index contributed by atoms with van der Waals surface area (Å²) in [7, 11) is 0. The standard InChI is InChI=1S/C22H26F3N3O3/c1-21(30)11-5-4-8-18(21)26-20-15-7-3-2-6-14(15)19(27-28-20)16-10-9-13(12-17(16)29)31-22(23,24)25/h9-10,12,18,29-30H,2-8,11H2,1H3,(H,26,28)/t18-,21-/m1/s1. The van der Waals surface area contributed by atoms with E-state index in [4.69, 9.17) is 0 Å². The molecule has 0 amide bonds. The Morgan fingerprint density at radius 1 is 1.10 bits per heavy atom. The molecule has 4 rings (SSSR count). The smallest absolute Gasteiger partial charge is 0.507 e. The first-order valence-corrected chi connectivity index (χ1v) is 10.6. The zero-order valence-electron chi connectivity index (χ0n) is 17.3. The molecule has 1 saturated carbocycles. The number of rotatable bonds is 4. The molecule has 3 N–H and O–H groups in total. The Morgan fingerprint density at radius 2 is 1.84 bits per heavy atom. The summed E-state index contributed by atoms with van der Waals surface area (Å²) in [6, 6.07) is 3.34. The molecule has 1 aromatic heterocycles. The van der Waals surface area contributed by atoms with E-state index in [1.807, 2.05) is 6.92 Å². The van der Waals surface area contributed by atoms with E-state index in [-0.39, 0.29) is 11.8 Å². The second-order valence-corrected chi connectivity index (χ2v) is 8.59. The van der Waals surface area contributed by atoms with Gasteiger partial charge in [0.05, 0.1) is 11.6 Å². The van der Waals surface area contributed by atoms with Crippen molar-refractivity contribution in [1.82, 2.24) is 10.2 Å². The third-order valence-corrected chi connectivity index (χ3v) is 6.23. The Balaban J connectivity index is 1.67. The summed E-state index contributed by atoms with van der Waals surface area (Å²) < 4.78 is 41.3. The molecule has 0 bridgehead atoms. The molecule has 168 valence electrons. The van der Waals surface area contributed by atoms with Crippen LogP contribution in [0.5, 0.6) is 11.5 Å². The zero-order valence-corrected chi connectivity index (χ0v) is 17.3. The van der Waals surface area contributed by atoms with E-state index in [0.717, 1.165) is 74.6 Å². The number of hydrogen-bond donors (Lipinski definition) is 3. The van der Waals surface area contributed by atoms with Crippen LogP contribution in [0.4, 0.5) is 19.0 Å². The molecule has 1 aromatic carbocycles. The van der Waals surface area contributed by atoms with Crippen molar-refractivity contribution < 1.29 is 28.1 Å². The third kappa shape index (κ3) is 4.71. The van der Waals surface area contributed by atoms with E-state index in [1.54, 1.807) is 0 Å². The normalized spacial score (nSPS) is 23.8. The first-order valence-electron chi connectivity index (χ1n) is 10.6. The lowest BCUT2D eigenvalue weighted by atomic mass is 9.81. The maximum Gasteiger partial charge on any atom is 0.573 e. The first-order chi connectivity index (χ1) is 14.6. The van der Waals surface area contributed by atoms with Crippen molar-refractivity contribution in [2.75, 3.05) is 5.32 Å². The molecule has 0 unspecified atom stereocenters. The second kappa shape index (κ2) is 8.18. The number of hydrogen-bond acceptors (Lipinski definition) is 6. The van der Waals surface area contributed by atoms with E-state index in [2.05, 4.69) is 20.3 Å². The topological polar surface area (TPSA) is 87.5 Å². The molecule has 0 radical (unpaired) electrons. The molecule has 2 aromatic rings. The number of aromatic hydroxyl groups is 1. The fourth-order valence-electron chi connectivity index (χ4n) is 4.60. The molecular formula is C22H26F3N3O3. The van der Waals surface area contributed by atoms with Gasteiger partial charge in [0.1, 0.15) is 17.2 Å². The van der Waals surface area contributed by atoms with Crippen molar-refractivity contribution >= 4 is 5.82 Å². The minimum absolute atomic E-state index is 0.125. The largest absolute Gasteiger partial charge is 0.573 e. The average Bonchev–Trinajstić information content (AvgIpc) is 2.69. The van der Waals surface area contributed by atoms with Crippen LogP contribution in [0.1, 0.15) is 56.6 Å². The van der Waals surface area contributed by atoms with Gasteiger partial charge in [0.15, 0.2) is 5.82 Å². The molecule has 2 aliphatic carbocycles. The van der Waals surface area contributed by atoms with E-state index in [0.29, 0.717) is 17.1 Å². The predicted molar refractivity (Wildman–Crippen MR) is 109 cm³/mol. The van der Waals surface area contributed by atoms with Gasteiger partial charge in [-0.3, -0.25) is 0 Å². The van der Waals surface area contributed by atoms with Crippen molar-refractivity contribution in [1.29, 1.82) is 0 Å². The molecule has 2 atom stereocenters. The lowest BCUT2D eigenvalue weighted by molar-refractivity contribution is -0.274. The van der Waals surface area contributed by atoms with Gasteiger partial charge in [-0.05, 0) is 63.1 Å². The van der Waals surface area contributed by atoms with Crippen LogP contribution >= 0.6 is 0 Å². The van der Waals surface area contributed by atoms with Crippen LogP contribution < -0.4 is 10.1 Å². The maximum absolute atomic E-state index is 12.5. The molecule has 0 saturated heterocycles. The lowest BCUT2D eigenvalue weighted by Gasteiger charge is -2.38. The summed E-state index contributed by atoms with van der Waals surface area (Å²) in [5.74, 6) is -0.199.